The summed E-state index contributed by atoms with van der Waals surface area (Å²) in [5.74, 6) is -0.339. The van der Waals surface area contributed by atoms with E-state index in [4.69, 9.17) is 4.74 Å². The van der Waals surface area contributed by atoms with E-state index in [0.717, 1.165) is 12.0 Å². The first-order valence-electron chi connectivity index (χ1n) is 6.32. The molecule has 0 amide bonds. The van der Waals surface area contributed by atoms with E-state index < -0.39 is 0 Å². The summed E-state index contributed by atoms with van der Waals surface area (Å²) in [4.78, 5) is 11.6. The molecule has 0 aliphatic rings. The average Bonchev–Trinajstić information content (AvgIpc) is 2.39. The first-order valence-corrected chi connectivity index (χ1v) is 6.32. The Balaban J connectivity index is 2.46. The maximum absolute atomic E-state index is 11.6. The molecular weight excluding hydrogens is 236 g/mol. The van der Waals surface area contributed by atoms with Crippen LogP contribution in [0.2, 0.25) is 0 Å². The normalized spacial score (nSPS) is 11.4. The Bertz CT molecular complexity index is 489. The van der Waals surface area contributed by atoms with E-state index in [0.29, 0.717) is 5.56 Å². The van der Waals surface area contributed by atoms with E-state index in [1.165, 1.54) is 11.8 Å². The predicted octanol–water partition coefficient (Wildman–Crippen LogP) is 4.66. The number of allylic oxidation sites excluding steroid dienone is 5. The number of ether oxygens (including phenoxy) is 1. The van der Waals surface area contributed by atoms with E-state index in [-0.39, 0.29) is 5.97 Å². The van der Waals surface area contributed by atoms with Crippen LogP contribution in [0.1, 0.15) is 37.6 Å². The van der Waals surface area contributed by atoms with Gasteiger partial charge in [0.15, 0.2) is 0 Å². The minimum atomic E-state index is -0.339. The molecule has 0 aliphatic heterocycles. The lowest BCUT2D eigenvalue weighted by molar-refractivity contribution is 0.0663. The fourth-order valence-corrected chi connectivity index (χ4v) is 1.39. The third-order valence-electron chi connectivity index (χ3n) is 2.48. The zero-order valence-corrected chi connectivity index (χ0v) is 11.7. The Morgan fingerprint density at radius 3 is 2.42 bits per heavy atom. The highest BCUT2D eigenvalue weighted by atomic mass is 16.5. The summed E-state index contributed by atoms with van der Waals surface area (Å²) in [6, 6.07) is 8.94. The molecule has 1 rings (SSSR count). The Hall–Kier alpha value is -2.09. The fourth-order valence-electron chi connectivity index (χ4n) is 1.39. The van der Waals surface area contributed by atoms with E-state index >= 15 is 0 Å². The van der Waals surface area contributed by atoms with Crippen molar-refractivity contribution in [2.24, 2.45) is 0 Å². The lowest BCUT2D eigenvalue weighted by Gasteiger charge is -1.98. The van der Waals surface area contributed by atoms with Gasteiger partial charge in [0.05, 0.1) is 11.8 Å². The lowest BCUT2D eigenvalue weighted by Crippen LogP contribution is -1.99. The molecule has 19 heavy (non-hydrogen) atoms. The molecule has 0 heterocycles. The van der Waals surface area contributed by atoms with Crippen molar-refractivity contribution in [2.75, 3.05) is 0 Å². The van der Waals surface area contributed by atoms with Crippen molar-refractivity contribution in [3.8, 4) is 0 Å². The third kappa shape index (κ3) is 6.41. The minimum absolute atomic E-state index is 0.339. The van der Waals surface area contributed by atoms with Gasteiger partial charge >= 0.3 is 5.97 Å². The molecule has 0 saturated carbocycles. The highest BCUT2D eigenvalue weighted by molar-refractivity contribution is 5.89. The van der Waals surface area contributed by atoms with Crippen molar-refractivity contribution in [1.82, 2.24) is 0 Å². The van der Waals surface area contributed by atoms with Gasteiger partial charge in [-0.15, -0.1) is 0 Å². The van der Waals surface area contributed by atoms with E-state index in [9.17, 15) is 4.79 Å². The topological polar surface area (TPSA) is 26.3 Å². The SMILES string of the molecule is CC(C)=CC/C=C(C)/C=C/OC(=O)c1ccccc1. The molecule has 0 radical (unpaired) electrons. The first kappa shape index (κ1) is 15.0. The summed E-state index contributed by atoms with van der Waals surface area (Å²) in [6.07, 6.45) is 8.35. The summed E-state index contributed by atoms with van der Waals surface area (Å²) in [6.45, 7) is 6.12. The molecule has 100 valence electrons. The molecule has 2 heteroatoms. The highest BCUT2D eigenvalue weighted by Gasteiger charge is 2.02. The predicted molar refractivity (Wildman–Crippen MR) is 78.8 cm³/mol. The number of hydrogen-bond donors (Lipinski definition) is 0. The van der Waals surface area contributed by atoms with Crippen LogP contribution in [0.3, 0.4) is 0 Å². The maximum Gasteiger partial charge on any atom is 0.342 e. The molecule has 0 bridgehead atoms. The number of carbonyl (C=O) groups excluding carboxylic acids is 1. The van der Waals surface area contributed by atoms with Gasteiger partial charge in [-0.25, -0.2) is 4.79 Å². The second-order valence-electron chi connectivity index (χ2n) is 4.54. The van der Waals surface area contributed by atoms with Crippen molar-refractivity contribution in [3.05, 3.63) is 71.5 Å². The standard InChI is InChI=1S/C17H20O2/c1-14(2)8-7-9-15(3)12-13-19-17(18)16-10-5-4-6-11-16/h4-6,8-13H,7H2,1-3H3/b13-12+,15-9+. The summed E-state index contributed by atoms with van der Waals surface area (Å²) in [5, 5.41) is 0. The molecular formula is C17H20O2. The molecule has 0 unspecified atom stereocenters. The van der Waals surface area contributed by atoms with Crippen LogP contribution in [0.4, 0.5) is 0 Å². The van der Waals surface area contributed by atoms with Crippen LogP contribution >= 0.6 is 0 Å². The van der Waals surface area contributed by atoms with Gasteiger partial charge in [-0.3, -0.25) is 0 Å². The highest BCUT2D eigenvalue weighted by Crippen LogP contribution is 2.04. The Labute approximate surface area is 115 Å². The van der Waals surface area contributed by atoms with Crippen molar-refractivity contribution >= 4 is 5.97 Å². The van der Waals surface area contributed by atoms with Crippen molar-refractivity contribution in [3.63, 3.8) is 0 Å². The zero-order valence-electron chi connectivity index (χ0n) is 11.7. The first-order chi connectivity index (χ1) is 9.09. The van der Waals surface area contributed by atoms with Crippen LogP contribution in [0.25, 0.3) is 0 Å². The van der Waals surface area contributed by atoms with Crippen LogP contribution in [0.5, 0.6) is 0 Å². The smallest absolute Gasteiger partial charge is 0.342 e. The molecule has 2 nitrogen and oxygen atoms in total. The Kier molecular flexibility index (Phi) is 6.37. The lowest BCUT2D eigenvalue weighted by atomic mass is 10.2. The number of esters is 1. The number of rotatable bonds is 5. The molecule has 0 saturated heterocycles. The monoisotopic (exact) mass is 256 g/mol. The summed E-state index contributed by atoms with van der Waals surface area (Å²) >= 11 is 0. The van der Waals surface area contributed by atoms with Crippen molar-refractivity contribution in [1.29, 1.82) is 0 Å². The molecule has 1 aromatic rings. The van der Waals surface area contributed by atoms with Gasteiger partial charge in [0.1, 0.15) is 0 Å². The minimum Gasteiger partial charge on any atom is -0.431 e. The van der Waals surface area contributed by atoms with Gasteiger partial charge in [-0.1, -0.05) is 41.5 Å². The number of benzene rings is 1. The fraction of sp³-hybridized carbons (Fsp3) is 0.235. The summed E-state index contributed by atoms with van der Waals surface area (Å²) in [7, 11) is 0. The number of hydrogen-bond acceptors (Lipinski definition) is 2. The molecule has 0 aliphatic carbocycles. The van der Waals surface area contributed by atoms with Gasteiger partial charge < -0.3 is 4.74 Å². The van der Waals surface area contributed by atoms with Crippen molar-refractivity contribution in [2.45, 2.75) is 27.2 Å². The van der Waals surface area contributed by atoms with Crippen molar-refractivity contribution < 1.29 is 9.53 Å². The van der Waals surface area contributed by atoms with Gasteiger partial charge in [-0.2, -0.15) is 0 Å². The average molecular weight is 256 g/mol. The largest absolute Gasteiger partial charge is 0.431 e. The van der Waals surface area contributed by atoms with Crippen LogP contribution in [0.15, 0.2) is 66.0 Å². The molecule has 0 N–H and O–H groups in total. The quantitative estimate of drug-likeness (QED) is 0.331. The zero-order chi connectivity index (χ0) is 14.1. The molecule has 0 atom stereocenters. The van der Waals surface area contributed by atoms with Crippen LogP contribution in [-0.2, 0) is 4.74 Å². The number of carbonyl (C=O) groups is 1. The van der Waals surface area contributed by atoms with Crippen LogP contribution in [0, 0.1) is 0 Å². The van der Waals surface area contributed by atoms with Gasteiger partial charge in [-0.05, 0) is 45.4 Å². The summed E-state index contributed by atoms with van der Waals surface area (Å²) in [5.41, 5.74) is 2.92. The van der Waals surface area contributed by atoms with Crippen LogP contribution in [-0.4, -0.2) is 5.97 Å². The van der Waals surface area contributed by atoms with E-state index in [1.807, 2.05) is 25.1 Å². The van der Waals surface area contributed by atoms with E-state index in [1.54, 1.807) is 18.2 Å². The second-order valence-corrected chi connectivity index (χ2v) is 4.54. The van der Waals surface area contributed by atoms with Gasteiger partial charge in [0.25, 0.3) is 0 Å². The molecule has 0 spiro atoms. The molecule has 0 fully saturated rings. The second kappa shape index (κ2) is 8.09. The van der Waals surface area contributed by atoms with Gasteiger partial charge in [0.2, 0.25) is 0 Å². The summed E-state index contributed by atoms with van der Waals surface area (Å²) < 4.78 is 5.05. The van der Waals surface area contributed by atoms with Crippen LogP contribution < -0.4 is 0 Å². The maximum atomic E-state index is 11.6. The molecule has 1 aromatic carbocycles. The Morgan fingerprint density at radius 1 is 1.11 bits per heavy atom. The molecule has 0 aromatic heterocycles. The van der Waals surface area contributed by atoms with Gasteiger partial charge in [0, 0.05) is 0 Å². The Morgan fingerprint density at radius 2 is 1.79 bits per heavy atom. The third-order valence-corrected chi connectivity index (χ3v) is 2.48. The van der Waals surface area contributed by atoms with E-state index in [2.05, 4.69) is 26.0 Å².